The Bertz CT molecular complexity index is 2260. The minimum Gasteiger partial charge on any atom is -0.489 e. The summed E-state index contributed by atoms with van der Waals surface area (Å²) in [5.41, 5.74) is 2.03. The van der Waals surface area contributed by atoms with Crippen LogP contribution in [-0.2, 0) is 4.79 Å². The number of fused-ring (bicyclic) bond motifs is 1. The molecule has 3 saturated heterocycles. The number of amides is 4. The van der Waals surface area contributed by atoms with E-state index in [2.05, 4.69) is 31.2 Å². The van der Waals surface area contributed by atoms with E-state index in [4.69, 9.17) is 21.4 Å². The molecule has 0 radical (unpaired) electrons. The van der Waals surface area contributed by atoms with Gasteiger partial charge in [-0.15, -0.1) is 0 Å². The van der Waals surface area contributed by atoms with E-state index in [-0.39, 0.29) is 42.0 Å². The van der Waals surface area contributed by atoms with Gasteiger partial charge in [-0.05, 0) is 67.6 Å². The number of carbonyl (C=O) groups is 3. The number of rotatable bonds is 9. The van der Waals surface area contributed by atoms with Gasteiger partial charge >= 0.3 is 6.03 Å². The van der Waals surface area contributed by atoms with E-state index in [9.17, 15) is 19.6 Å². The predicted molar refractivity (Wildman–Crippen MR) is 216 cm³/mol. The zero-order chi connectivity index (χ0) is 40.2. The Balaban J connectivity index is 0.835. The van der Waals surface area contributed by atoms with Gasteiger partial charge in [-0.25, -0.2) is 9.18 Å². The first-order valence-corrected chi connectivity index (χ1v) is 20.1. The van der Waals surface area contributed by atoms with Gasteiger partial charge in [-0.1, -0.05) is 45.4 Å². The molecule has 8 rings (SSSR count). The number of hydrogen-bond acceptors (Lipinski definition) is 8. The molecule has 4 aromatic rings. The summed E-state index contributed by atoms with van der Waals surface area (Å²) >= 11 is 6.24. The lowest BCUT2D eigenvalue weighted by atomic mass is 9.49. The van der Waals surface area contributed by atoms with Gasteiger partial charge in [0.05, 0.1) is 39.7 Å². The van der Waals surface area contributed by atoms with Crippen LogP contribution in [0.15, 0.2) is 60.8 Å². The highest BCUT2D eigenvalue weighted by molar-refractivity contribution is 6.31. The zero-order valence-electron chi connectivity index (χ0n) is 32.7. The van der Waals surface area contributed by atoms with Crippen LogP contribution in [0, 0.1) is 33.9 Å². The van der Waals surface area contributed by atoms with Crippen LogP contribution >= 0.6 is 11.6 Å². The third-order valence-corrected chi connectivity index (χ3v) is 13.0. The molecule has 4 aliphatic rings. The number of likely N-dealkylation sites (tertiary alicyclic amines) is 1. The van der Waals surface area contributed by atoms with Crippen LogP contribution in [0.2, 0.25) is 5.02 Å². The van der Waals surface area contributed by atoms with Crippen molar-refractivity contribution in [1.29, 1.82) is 5.26 Å². The van der Waals surface area contributed by atoms with Crippen LogP contribution in [0.5, 0.6) is 5.75 Å². The van der Waals surface area contributed by atoms with Gasteiger partial charge in [-0.2, -0.15) is 10.4 Å². The first kappa shape index (κ1) is 38.7. The Morgan fingerprint density at radius 2 is 1.79 bits per heavy atom. The molecule has 3 aromatic carbocycles. The lowest BCUT2D eigenvalue weighted by molar-refractivity contribution is -0.164. The van der Waals surface area contributed by atoms with Crippen molar-refractivity contribution in [3.63, 3.8) is 0 Å². The average molecular weight is 795 g/mol. The lowest BCUT2D eigenvalue weighted by Gasteiger charge is -2.63. The van der Waals surface area contributed by atoms with Crippen molar-refractivity contribution in [2.75, 3.05) is 49.1 Å². The van der Waals surface area contributed by atoms with E-state index in [1.165, 1.54) is 6.07 Å². The Morgan fingerprint density at radius 3 is 2.49 bits per heavy atom. The quantitative estimate of drug-likeness (QED) is 0.187. The molecule has 4 fully saturated rings. The number of aromatic nitrogens is 2. The molecule has 1 aromatic heterocycles. The molecule has 298 valence electrons. The second kappa shape index (κ2) is 15.0. The molecule has 3 aliphatic heterocycles. The summed E-state index contributed by atoms with van der Waals surface area (Å²) in [4.78, 5) is 44.0. The number of hydrogen-bond donors (Lipinski definition) is 2. The lowest BCUT2D eigenvalue weighted by Crippen LogP contribution is -2.74. The second-order valence-corrected chi connectivity index (χ2v) is 17.6. The Labute approximate surface area is 336 Å². The highest BCUT2D eigenvalue weighted by atomic mass is 35.5. The van der Waals surface area contributed by atoms with Crippen molar-refractivity contribution < 1.29 is 23.5 Å². The van der Waals surface area contributed by atoms with Crippen molar-refractivity contribution >= 4 is 51.7 Å². The van der Waals surface area contributed by atoms with Gasteiger partial charge in [0.1, 0.15) is 23.7 Å². The second-order valence-electron chi connectivity index (χ2n) is 17.2. The monoisotopic (exact) mass is 794 g/mol. The van der Waals surface area contributed by atoms with E-state index in [0.717, 1.165) is 68.6 Å². The van der Waals surface area contributed by atoms with Crippen molar-refractivity contribution in [1.82, 2.24) is 25.3 Å². The molecule has 4 heterocycles. The first-order valence-electron chi connectivity index (χ1n) is 19.8. The van der Waals surface area contributed by atoms with E-state index in [0.29, 0.717) is 34.5 Å². The number of nitrogens with zero attached hydrogens (tertiary/aromatic N) is 6. The molecular formula is C43H48ClFN8O4. The predicted octanol–water partition coefficient (Wildman–Crippen LogP) is 6.92. The number of benzene rings is 3. The average Bonchev–Trinajstić information content (AvgIpc) is 3.83. The smallest absolute Gasteiger partial charge is 0.328 e. The number of ether oxygens (including phenoxy) is 1. The number of imide groups is 1. The number of nitriles is 1. The molecule has 0 unspecified atom stereocenters. The summed E-state index contributed by atoms with van der Waals surface area (Å²) in [5.74, 6) is 0.0607. The first-order chi connectivity index (χ1) is 27.2. The zero-order valence-corrected chi connectivity index (χ0v) is 33.5. The summed E-state index contributed by atoms with van der Waals surface area (Å²) in [6.45, 7) is 12.8. The number of urea groups is 1. The number of nitrogens with one attached hydrogen (secondary N) is 2. The number of carbonyl (C=O) groups excluding carboxylic acids is 3. The fourth-order valence-electron chi connectivity index (χ4n) is 9.99. The largest absolute Gasteiger partial charge is 0.489 e. The molecule has 1 aliphatic carbocycles. The summed E-state index contributed by atoms with van der Waals surface area (Å²) in [6, 6.07) is 17.3. The molecule has 2 N–H and O–H groups in total. The minimum absolute atomic E-state index is 0.212. The summed E-state index contributed by atoms with van der Waals surface area (Å²) in [6.07, 6.45) is 4.71. The molecule has 4 amide bonds. The van der Waals surface area contributed by atoms with Crippen molar-refractivity contribution in [2.24, 2.45) is 16.7 Å². The van der Waals surface area contributed by atoms with Gasteiger partial charge in [0.25, 0.3) is 5.91 Å². The molecule has 0 spiro atoms. The maximum absolute atomic E-state index is 15.7. The summed E-state index contributed by atoms with van der Waals surface area (Å²) in [7, 11) is 0. The maximum atomic E-state index is 15.7. The van der Waals surface area contributed by atoms with Gasteiger partial charge in [0.15, 0.2) is 0 Å². The minimum atomic E-state index is -0.437. The van der Waals surface area contributed by atoms with Crippen LogP contribution in [0.1, 0.15) is 75.3 Å². The Hall–Kier alpha value is -5.19. The van der Waals surface area contributed by atoms with Crippen LogP contribution in [0.4, 0.5) is 20.6 Å². The SMILES string of the molecule is CC1(C)C(NC(=O)c2ccc(N3CCC(CN4CC[C@H](n5ncc6c(N7CCC(=O)NC7=O)cccc65)C4)CC3)c(F)c2)C(C)(C)C1Oc1ccc(C#N)c(Cl)c1. The van der Waals surface area contributed by atoms with Crippen LogP contribution in [0.3, 0.4) is 0 Å². The third kappa shape index (κ3) is 7.18. The molecule has 0 bridgehead atoms. The molecule has 12 nitrogen and oxygen atoms in total. The molecule has 57 heavy (non-hydrogen) atoms. The molecular weight excluding hydrogens is 747 g/mol. The summed E-state index contributed by atoms with van der Waals surface area (Å²) < 4.78 is 24.1. The Kier molecular flexibility index (Phi) is 10.1. The van der Waals surface area contributed by atoms with E-state index in [1.807, 2.05) is 52.1 Å². The van der Waals surface area contributed by atoms with Gasteiger partial charge in [-0.3, -0.25) is 24.5 Å². The standard InChI is InChI=1S/C43H48ClFN8O4/c1-42(2)39(43(3,4)40(42)57-30-10-8-28(22-46)32(44)21-30)49-38(55)27-9-11-36(33(45)20-27)51-17-12-26(13-18-51)24-50-16-14-29(25-50)53-35-7-5-6-34(31(35)23-47-53)52-19-15-37(54)48-41(52)56/h5-11,20-21,23,26,29,39-40H,12-19,24-25H2,1-4H3,(H,49,55)(H,48,54,56)/t29-,39?,40?/m0/s1. The van der Waals surface area contributed by atoms with Crippen LogP contribution in [-0.4, -0.2) is 83.9 Å². The van der Waals surface area contributed by atoms with E-state index < -0.39 is 22.7 Å². The highest BCUT2D eigenvalue weighted by Crippen LogP contribution is 2.55. The summed E-state index contributed by atoms with van der Waals surface area (Å²) in [5, 5.41) is 20.8. The van der Waals surface area contributed by atoms with Crippen LogP contribution in [0.25, 0.3) is 10.9 Å². The van der Waals surface area contributed by atoms with E-state index >= 15 is 4.39 Å². The number of anilines is 2. The van der Waals surface area contributed by atoms with Gasteiger partial charge in [0.2, 0.25) is 5.91 Å². The molecule has 1 atom stereocenters. The third-order valence-electron chi connectivity index (χ3n) is 12.7. The van der Waals surface area contributed by atoms with Crippen molar-refractivity contribution in [3.05, 3.63) is 82.8 Å². The highest BCUT2D eigenvalue weighted by Gasteiger charge is 2.64. The fraction of sp³-hybridized carbons (Fsp3) is 0.465. The normalized spacial score (nSPS) is 23.6. The Morgan fingerprint density at radius 1 is 1.02 bits per heavy atom. The van der Waals surface area contributed by atoms with Crippen molar-refractivity contribution in [2.45, 2.75) is 71.6 Å². The maximum Gasteiger partial charge on any atom is 0.328 e. The molecule has 1 saturated carbocycles. The van der Waals surface area contributed by atoms with Crippen molar-refractivity contribution in [3.8, 4) is 11.8 Å². The van der Waals surface area contributed by atoms with Crippen LogP contribution < -0.4 is 25.2 Å². The number of piperidine rings is 1. The van der Waals surface area contributed by atoms with E-state index in [1.54, 1.807) is 35.2 Å². The van der Waals surface area contributed by atoms with Gasteiger partial charge < -0.3 is 19.9 Å². The fourth-order valence-corrected chi connectivity index (χ4v) is 10.2. The van der Waals surface area contributed by atoms with Gasteiger partial charge in [0, 0.05) is 79.6 Å². The number of halogens is 2. The molecule has 14 heteroatoms. The topological polar surface area (TPSA) is 136 Å².